The van der Waals surface area contributed by atoms with Crippen LogP contribution in [0.5, 0.6) is 0 Å². The molecule has 2 N–H and O–H groups in total. The van der Waals surface area contributed by atoms with E-state index in [1.807, 2.05) is 13.0 Å². The van der Waals surface area contributed by atoms with E-state index in [1.165, 1.54) is 0 Å². The lowest BCUT2D eigenvalue weighted by Crippen LogP contribution is -2.42. The molecule has 1 aliphatic rings. The summed E-state index contributed by atoms with van der Waals surface area (Å²) in [7, 11) is 0. The minimum Gasteiger partial charge on any atom is -0.481 e. The van der Waals surface area contributed by atoms with Crippen molar-refractivity contribution in [1.29, 1.82) is 0 Å². The molecular weight excluding hydrogens is 272 g/mol. The highest BCUT2D eigenvalue weighted by Crippen LogP contribution is 2.20. The van der Waals surface area contributed by atoms with Crippen LogP contribution >= 0.6 is 0 Å². The molecule has 1 fully saturated rings. The molecular formula is C15H22N2O4. The summed E-state index contributed by atoms with van der Waals surface area (Å²) in [5.74, 6) is 0.210. The van der Waals surface area contributed by atoms with E-state index in [2.05, 4.69) is 10.2 Å². The number of rotatable bonds is 6. The molecule has 1 unspecified atom stereocenters. The smallest absolute Gasteiger partial charge is 0.303 e. The summed E-state index contributed by atoms with van der Waals surface area (Å²) in [6.07, 6.45) is 3.50. The number of aliphatic carboxylic acids is 1. The molecule has 1 aliphatic heterocycles. The highest BCUT2D eigenvalue weighted by atomic mass is 16.4. The van der Waals surface area contributed by atoms with Crippen molar-refractivity contribution in [3.63, 3.8) is 0 Å². The molecule has 0 spiro atoms. The third kappa shape index (κ3) is 4.90. The van der Waals surface area contributed by atoms with Crippen LogP contribution < -0.4 is 5.32 Å². The van der Waals surface area contributed by atoms with E-state index in [-0.39, 0.29) is 24.3 Å². The quantitative estimate of drug-likeness (QED) is 0.833. The molecule has 1 amide bonds. The van der Waals surface area contributed by atoms with Gasteiger partial charge < -0.3 is 14.8 Å². The van der Waals surface area contributed by atoms with Crippen LogP contribution in [0, 0.1) is 5.92 Å². The van der Waals surface area contributed by atoms with Gasteiger partial charge in [-0.25, -0.2) is 0 Å². The monoisotopic (exact) mass is 294 g/mol. The van der Waals surface area contributed by atoms with Crippen molar-refractivity contribution < 1.29 is 19.1 Å². The average Bonchev–Trinajstić information content (AvgIpc) is 2.94. The topological polar surface area (TPSA) is 82.8 Å². The molecule has 2 rings (SSSR count). The maximum absolute atomic E-state index is 12.0. The van der Waals surface area contributed by atoms with Crippen LogP contribution in [0.2, 0.25) is 0 Å². The number of amides is 1. The maximum atomic E-state index is 12.0. The average molecular weight is 294 g/mol. The lowest BCUT2D eigenvalue weighted by Gasteiger charge is -2.30. The molecule has 0 bridgehead atoms. The molecule has 1 saturated heterocycles. The van der Waals surface area contributed by atoms with Crippen molar-refractivity contribution in [2.45, 2.75) is 32.2 Å². The number of nitrogens with zero attached hydrogens (tertiary/aromatic N) is 1. The molecule has 1 atom stereocenters. The van der Waals surface area contributed by atoms with Gasteiger partial charge in [-0.15, -0.1) is 0 Å². The first-order chi connectivity index (χ1) is 10.0. The summed E-state index contributed by atoms with van der Waals surface area (Å²) in [6, 6.07) is 3.49. The number of likely N-dealkylation sites (tertiary alicyclic amines) is 1. The number of hydrogen-bond acceptors (Lipinski definition) is 4. The Hall–Kier alpha value is -1.82. The highest BCUT2D eigenvalue weighted by molar-refractivity contribution is 5.78. The summed E-state index contributed by atoms with van der Waals surface area (Å²) >= 11 is 0. The van der Waals surface area contributed by atoms with Crippen LogP contribution in [0.4, 0.5) is 0 Å². The van der Waals surface area contributed by atoms with Crippen molar-refractivity contribution in [2.24, 2.45) is 5.92 Å². The predicted molar refractivity (Wildman–Crippen MR) is 76.7 cm³/mol. The van der Waals surface area contributed by atoms with Gasteiger partial charge in [0.2, 0.25) is 5.91 Å². The Balaban J connectivity index is 1.71. The van der Waals surface area contributed by atoms with Gasteiger partial charge >= 0.3 is 5.97 Å². The van der Waals surface area contributed by atoms with E-state index in [1.54, 1.807) is 12.3 Å². The SMILES string of the molecule is CC(NC(=O)CN1CCC(CC(=O)O)CC1)c1ccco1. The van der Waals surface area contributed by atoms with E-state index in [4.69, 9.17) is 9.52 Å². The molecule has 1 aromatic rings. The Morgan fingerprint density at radius 2 is 2.19 bits per heavy atom. The molecule has 2 heterocycles. The van der Waals surface area contributed by atoms with Gasteiger partial charge in [0, 0.05) is 6.42 Å². The Kier molecular flexibility index (Phi) is 5.38. The minimum absolute atomic E-state index is 0.0319. The van der Waals surface area contributed by atoms with Crippen LogP contribution in [0.1, 0.15) is 38.0 Å². The van der Waals surface area contributed by atoms with Crippen molar-refractivity contribution in [1.82, 2.24) is 10.2 Å². The summed E-state index contributed by atoms with van der Waals surface area (Å²) < 4.78 is 5.25. The fraction of sp³-hybridized carbons (Fsp3) is 0.600. The summed E-state index contributed by atoms with van der Waals surface area (Å²) in [5.41, 5.74) is 0. The van der Waals surface area contributed by atoms with Gasteiger partial charge in [-0.1, -0.05) is 0 Å². The van der Waals surface area contributed by atoms with Gasteiger partial charge in [0.15, 0.2) is 0 Å². The first-order valence-corrected chi connectivity index (χ1v) is 7.31. The summed E-state index contributed by atoms with van der Waals surface area (Å²) in [6.45, 7) is 3.79. The zero-order valence-corrected chi connectivity index (χ0v) is 12.2. The van der Waals surface area contributed by atoms with Crippen LogP contribution in [0.25, 0.3) is 0 Å². The summed E-state index contributed by atoms with van der Waals surface area (Å²) in [5, 5.41) is 11.7. The Bertz CT molecular complexity index is 464. The summed E-state index contributed by atoms with van der Waals surface area (Å²) in [4.78, 5) is 24.7. The predicted octanol–water partition coefficient (Wildman–Crippen LogP) is 1.64. The molecule has 0 saturated carbocycles. The number of carboxylic acid groups (broad SMARTS) is 1. The molecule has 1 aromatic heterocycles. The number of carbonyl (C=O) groups excluding carboxylic acids is 1. The molecule has 6 nitrogen and oxygen atoms in total. The Morgan fingerprint density at radius 3 is 2.76 bits per heavy atom. The lowest BCUT2D eigenvalue weighted by atomic mass is 9.94. The number of carbonyl (C=O) groups is 2. The second-order valence-corrected chi connectivity index (χ2v) is 5.62. The third-order valence-corrected chi connectivity index (χ3v) is 3.89. The molecule has 0 radical (unpaired) electrons. The van der Waals surface area contributed by atoms with Crippen molar-refractivity contribution >= 4 is 11.9 Å². The molecule has 0 aromatic carbocycles. The third-order valence-electron chi connectivity index (χ3n) is 3.89. The van der Waals surface area contributed by atoms with Crippen LogP contribution in [-0.4, -0.2) is 41.5 Å². The Labute approximate surface area is 124 Å². The Morgan fingerprint density at radius 1 is 1.48 bits per heavy atom. The van der Waals surface area contributed by atoms with Crippen molar-refractivity contribution in [3.05, 3.63) is 24.2 Å². The number of hydrogen-bond donors (Lipinski definition) is 2. The van der Waals surface area contributed by atoms with Gasteiger partial charge in [-0.3, -0.25) is 14.5 Å². The number of nitrogens with one attached hydrogen (secondary N) is 1. The van der Waals surface area contributed by atoms with Crippen LogP contribution in [-0.2, 0) is 9.59 Å². The standard InChI is InChI=1S/C15H22N2O4/c1-11(13-3-2-8-21-13)16-14(18)10-17-6-4-12(5-7-17)9-15(19)20/h2-3,8,11-12H,4-7,9-10H2,1H3,(H,16,18)(H,19,20). The van der Waals surface area contributed by atoms with Gasteiger partial charge in [0.1, 0.15) is 5.76 Å². The second kappa shape index (κ2) is 7.26. The van der Waals surface area contributed by atoms with E-state index < -0.39 is 5.97 Å². The van der Waals surface area contributed by atoms with Crippen molar-refractivity contribution in [2.75, 3.05) is 19.6 Å². The molecule has 21 heavy (non-hydrogen) atoms. The first kappa shape index (κ1) is 15.6. The highest BCUT2D eigenvalue weighted by Gasteiger charge is 2.23. The molecule has 116 valence electrons. The van der Waals surface area contributed by atoms with E-state index in [0.29, 0.717) is 6.54 Å². The minimum atomic E-state index is -0.738. The number of carboxylic acids is 1. The first-order valence-electron chi connectivity index (χ1n) is 7.31. The van der Waals surface area contributed by atoms with Gasteiger partial charge in [0.25, 0.3) is 0 Å². The van der Waals surface area contributed by atoms with Crippen LogP contribution in [0.3, 0.4) is 0 Å². The van der Waals surface area contributed by atoms with E-state index in [9.17, 15) is 9.59 Å². The second-order valence-electron chi connectivity index (χ2n) is 5.62. The number of furan rings is 1. The zero-order valence-electron chi connectivity index (χ0n) is 12.2. The van der Waals surface area contributed by atoms with Crippen molar-refractivity contribution in [3.8, 4) is 0 Å². The molecule has 0 aliphatic carbocycles. The zero-order chi connectivity index (χ0) is 15.2. The van der Waals surface area contributed by atoms with Crippen LogP contribution in [0.15, 0.2) is 22.8 Å². The van der Waals surface area contributed by atoms with Gasteiger partial charge in [-0.05, 0) is 50.9 Å². The largest absolute Gasteiger partial charge is 0.481 e. The fourth-order valence-corrected chi connectivity index (χ4v) is 2.69. The molecule has 6 heteroatoms. The van der Waals surface area contributed by atoms with Gasteiger partial charge in [0.05, 0.1) is 18.8 Å². The maximum Gasteiger partial charge on any atom is 0.303 e. The fourth-order valence-electron chi connectivity index (χ4n) is 2.69. The lowest BCUT2D eigenvalue weighted by molar-refractivity contribution is -0.138. The van der Waals surface area contributed by atoms with E-state index in [0.717, 1.165) is 31.7 Å². The number of piperidine rings is 1. The van der Waals surface area contributed by atoms with Gasteiger partial charge in [-0.2, -0.15) is 0 Å². The normalized spacial score (nSPS) is 18.3. The van der Waals surface area contributed by atoms with E-state index >= 15 is 0 Å².